The highest BCUT2D eigenvalue weighted by molar-refractivity contribution is 7.89. The van der Waals surface area contributed by atoms with Crippen LogP contribution in [0, 0.1) is 13.8 Å². The highest BCUT2D eigenvalue weighted by Crippen LogP contribution is 2.22. The van der Waals surface area contributed by atoms with Crippen molar-refractivity contribution >= 4 is 16.0 Å². The molecule has 0 aliphatic heterocycles. The molecule has 1 heterocycles. The van der Waals surface area contributed by atoms with Gasteiger partial charge in [-0.3, -0.25) is 0 Å². The number of hydrogen-bond acceptors (Lipinski definition) is 6. The number of aryl methyl sites for hydroxylation is 2. The summed E-state index contributed by atoms with van der Waals surface area (Å²) in [7, 11) is -2.30. The van der Waals surface area contributed by atoms with Crippen molar-refractivity contribution in [3.05, 3.63) is 40.8 Å². The summed E-state index contributed by atoms with van der Waals surface area (Å²) in [5.41, 5.74) is 1.10. The van der Waals surface area contributed by atoms with Gasteiger partial charge in [0.15, 0.2) is 5.76 Å². The number of sulfonamides is 1. The average Bonchev–Trinajstić information content (AvgIpc) is 2.86. The van der Waals surface area contributed by atoms with Crippen molar-refractivity contribution in [2.45, 2.75) is 25.2 Å². The molecule has 0 atom stereocenters. The van der Waals surface area contributed by atoms with Crippen LogP contribution in [-0.2, 0) is 16.4 Å². The van der Waals surface area contributed by atoms with E-state index in [1.54, 1.807) is 13.0 Å². The Morgan fingerprint density at radius 3 is 2.62 bits per heavy atom. The normalized spacial score (nSPS) is 11.5. The van der Waals surface area contributed by atoms with E-state index in [0.29, 0.717) is 23.4 Å². The molecule has 0 unspecified atom stereocenters. The van der Waals surface area contributed by atoms with Crippen LogP contribution in [0.25, 0.3) is 0 Å². The van der Waals surface area contributed by atoms with Gasteiger partial charge in [0.1, 0.15) is 16.3 Å². The molecular weight excluding hydrogens is 336 g/mol. The standard InChI is InChI=1S/C15H18N2O6S/c1-9-14(10(2)23-17-9)24(20,21)16-7-6-11-4-5-12(15(18)19)8-13(11)22-3/h4-5,8,16H,6-7H2,1-3H3,(H,18,19). The van der Waals surface area contributed by atoms with Crippen molar-refractivity contribution in [3.8, 4) is 5.75 Å². The van der Waals surface area contributed by atoms with E-state index in [4.69, 9.17) is 14.4 Å². The summed E-state index contributed by atoms with van der Waals surface area (Å²) in [5.74, 6) is -0.436. The van der Waals surface area contributed by atoms with Gasteiger partial charge in [0.05, 0.1) is 12.7 Å². The number of hydrogen-bond donors (Lipinski definition) is 2. The molecule has 2 aromatic rings. The van der Waals surface area contributed by atoms with E-state index in [1.165, 1.54) is 26.2 Å². The van der Waals surface area contributed by atoms with Gasteiger partial charge in [-0.2, -0.15) is 0 Å². The Balaban J connectivity index is 2.10. The number of aromatic carboxylic acids is 1. The quantitative estimate of drug-likeness (QED) is 0.773. The number of nitrogens with zero attached hydrogens (tertiary/aromatic N) is 1. The maximum atomic E-state index is 12.3. The first-order chi connectivity index (χ1) is 11.3. The number of benzene rings is 1. The van der Waals surface area contributed by atoms with E-state index in [-0.39, 0.29) is 22.8 Å². The first kappa shape index (κ1) is 18.0. The number of carbonyl (C=O) groups is 1. The van der Waals surface area contributed by atoms with Crippen LogP contribution in [0.15, 0.2) is 27.6 Å². The van der Waals surface area contributed by atoms with Crippen molar-refractivity contribution in [2.75, 3.05) is 13.7 Å². The zero-order chi connectivity index (χ0) is 17.9. The predicted molar refractivity (Wildman–Crippen MR) is 84.8 cm³/mol. The van der Waals surface area contributed by atoms with Crippen LogP contribution < -0.4 is 9.46 Å². The third kappa shape index (κ3) is 3.74. The largest absolute Gasteiger partial charge is 0.496 e. The highest BCUT2D eigenvalue weighted by atomic mass is 32.2. The molecule has 0 saturated heterocycles. The average molecular weight is 354 g/mol. The topological polar surface area (TPSA) is 119 Å². The molecule has 0 bridgehead atoms. The van der Waals surface area contributed by atoms with Gasteiger partial charge in [0, 0.05) is 6.54 Å². The van der Waals surface area contributed by atoms with Crippen LogP contribution in [0.4, 0.5) is 0 Å². The molecule has 0 fully saturated rings. The lowest BCUT2D eigenvalue weighted by Crippen LogP contribution is -2.27. The lowest BCUT2D eigenvalue weighted by Gasteiger charge is -2.10. The van der Waals surface area contributed by atoms with Crippen molar-refractivity contribution < 1.29 is 27.6 Å². The summed E-state index contributed by atoms with van der Waals surface area (Å²) < 4.78 is 37.1. The summed E-state index contributed by atoms with van der Waals surface area (Å²) in [6, 6.07) is 4.45. The highest BCUT2D eigenvalue weighted by Gasteiger charge is 2.23. The Morgan fingerprint density at radius 2 is 2.08 bits per heavy atom. The Labute approximate surface area is 139 Å². The van der Waals surface area contributed by atoms with E-state index in [9.17, 15) is 13.2 Å². The minimum atomic E-state index is -3.73. The van der Waals surface area contributed by atoms with E-state index in [1.807, 2.05) is 0 Å². The monoisotopic (exact) mass is 354 g/mol. The minimum Gasteiger partial charge on any atom is -0.496 e. The van der Waals surface area contributed by atoms with Gasteiger partial charge in [0.2, 0.25) is 10.0 Å². The molecule has 0 aliphatic carbocycles. The molecule has 2 rings (SSSR count). The second-order valence-corrected chi connectivity index (χ2v) is 6.84. The SMILES string of the molecule is COc1cc(C(=O)O)ccc1CCNS(=O)(=O)c1c(C)noc1C. The van der Waals surface area contributed by atoms with Gasteiger partial charge < -0.3 is 14.4 Å². The smallest absolute Gasteiger partial charge is 0.335 e. The predicted octanol–water partition coefficient (Wildman–Crippen LogP) is 1.52. The van der Waals surface area contributed by atoms with Crippen LogP contribution in [-0.4, -0.2) is 38.3 Å². The molecule has 0 spiro atoms. The molecule has 130 valence electrons. The molecule has 0 aliphatic rings. The molecule has 9 heteroatoms. The summed E-state index contributed by atoms with van der Waals surface area (Å²) in [6.45, 7) is 3.20. The van der Waals surface area contributed by atoms with Gasteiger partial charge in [-0.1, -0.05) is 11.2 Å². The molecule has 2 N–H and O–H groups in total. The molecule has 0 radical (unpaired) electrons. The zero-order valence-electron chi connectivity index (χ0n) is 13.5. The molecule has 0 saturated carbocycles. The van der Waals surface area contributed by atoms with Crippen molar-refractivity contribution in [2.24, 2.45) is 0 Å². The van der Waals surface area contributed by atoms with Crippen LogP contribution >= 0.6 is 0 Å². The van der Waals surface area contributed by atoms with Crippen LogP contribution in [0.2, 0.25) is 0 Å². The molecular formula is C15H18N2O6S. The number of carboxylic acid groups (broad SMARTS) is 1. The van der Waals surface area contributed by atoms with E-state index in [2.05, 4.69) is 9.88 Å². The second-order valence-electron chi connectivity index (χ2n) is 5.13. The molecule has 8 nitrogen and oxygen atoms in total. The van der Waals surface area contributed by atoms with Crippen molar-refractivity contribution in [1.82, 2.24) is 9.88 Å². The summed E-state index contributed by atoms with van der Waals surface area (Å²) in [6.07, 6.45) is 0.339. The Morgan fingerprint density at radius 1 is 1.38 bits per heavy atom. The van der Waals surface area contributed by atoms with E-state index in [0.717, 1.165) is 0 Å². The molecule has 24 heavy (non-hydrogen) atoms. The fraction of sp³-hybridized carbons (Fsp3) is 0.333. The van der Waals surface area contributed by atoms with Crippen LogP contribution in [0.5, 0.6) is 5.75 Å². The number of methoxy groups -OCH3 is 1. The summed E-state index contributed by atoms with van der Waals surface area (Å²) >= 11 is 0. The number of nitrogens with one attached hydrogen (secondary N) is 1. The van der Waals surface area contributed by atoms with Gasteiger partial charge in [-0.25, -0.2) is 17.9 Å². The third-order valence-electron chi connectivity index (χ3n) is 3.46. The Bertz CT molecular complexity index is 837. The lowest BCUT2D eigenvalue weighted by molar-refractivity contribution is 0.0696. The Kier molecular flexibility index (Phi) is 5.25. The number of carboxylic acids is 1. The second kappa shape index (κ2) is 7.02. The van der Waals surface area contributed by atoms with E-state index < -0.39 is 16.0 Å². The van der Waals surface area contributed by atoms with Gasteiger partial charge in [-0.15, -0.1) is 0 Å². The van der Waals surface area contributed by atoms with Crippen molar-refractivity contribution in [1.29, 1.82) is 0 Å². The molecule has 0 amide bonds. The minimum absolute atomic E-state index is 0.0377. The zero-order valence-corrected chi connectivity index (χ0v) is 14.3. The van der Waals surface area contributed by atoms with E-state index >= 15 is 0 Å². The van der Waals surface area contributed by atoms with Gasteiger partial charge >= 0.3 is 5.97 Å². The molecule has 1 aromatic heterocycles. The fourth-order valence-corrected chi connectivity index (χ4v) is 3.69. The first-order valence-electron chi connectivity index (χ1n) is 7.09. The third-order valence-corrected chi connectivity index (χ3v) is 5.16. The summed E-state index contributed by atoms with van der Waals surface area (Å²) in [5, 5.41) is 12.6. The van der Waals surface area contributed by atoms with Gasteiger partial charge in [0.25, 0.3) is 0 Å². The lowest BCUT2D eigenvalue weighted by atomic mass is 10.1. The van der Waals surface area contributed by atoms with Crippen LogP contribution in [0.1, 0.15) is 27.4 Å². The Hall–Kier alpha value is -2.39. The number of ether oxygens (including phenoxy) is 1. The van der Waals surface area contributed by atoms with Crippen molar-refractivity contribution in [3.63, 3.8) is 0 Å². The fourth-order valence-electron chi connectivity index (χ4n) is 2.33. The van der Waals surface area contributed by atoms with Crippen LogP contribution in [0.3, 0.4) is 0 Å². The number of aromatic nitrogens is 1. The number of rotatable bonds is 7. The maximum Gasteiger partial charge on any atom is 0.335 e. The maximum absolute atomic E-state index is 12.3. The molecule has 1 aromatic carbocycles. The first-order valence-corrected chi connectivity index (χ1v) is 8.57. The summed E-state index contributed by atoms with van der Waals surface area (Å²) in [4.78, 5) is 11.0. The van der Waals surface area contributed by atoms with Gasteiger partial charge in [-0.05, 0) is 38.0 Å².